The Morgan fingerprint density at radius 1 is 1.00 bits per heavy atom. The van der Waals surface area contributed by atoms with Crippen LogP contribution in [0.2, 0.25) is 0 Å². The first kappa shape index (κ1) is 14.0. The van der Waals surface area contributed by atoms with E-state index in [2.05, 4.69) is 0 Å². The standard InChI is InChI=1S/C14H19FN2O2S/c15-13-7-5-12(6-8-13)14-4-3-11-17(14)20(18,19)16-9-1-2-10-16/h5-8,14H,1-4,9-11H2. The third kappa shape index (κ3) is 2.47. The fraction of sp³-hybridized carbons (Fsp3) is 0.571. The van der Waals surface area contributed by atoms with Gasteiger partial charge in [-0.3, -0.25) is 0 Å². The van der Waals surface area contributed by atoms with Crippen molar-refractivity contribution >= 4 is 10.2 Å². The van der Waals surface area contributed by atoms with Gasteiger partial charge in [-0.2, -0.15) is 17.0 Å². The maximum atomic E-state index is 13.0. The Kier molecular flexibility index (Phi) is 3.79. The summed E-state index contributed by atoms with van der Waals surface area (Å²) in [4.78, 5) is 0. The smallest absolute Gasteiger partial charge is 0.207 e. The molecule has 2 saturated heterocycles. The first-order valence-corrected chi connectivity index (χ1v) is 8.51. The normalized spacial score (nSPS) is 25.4. The molecule has 6 heteroatoms. The Hall–Kier alpha value is -0.980. The highest BCUT2D eigenvalue weighted by molar-refractivity contribution is 7.86. The molecule has 110 valence electrons. The lowest BCUT2D eigenvalue weighted by Crippen LogP contribution is -2.42. The van der Waals surface area contributed by atoms with Crippen molar-refractivity contribution in [2.45, 2.75) is 31.7 Å². The molecule has 1 unspecified atom stereocenters. The predicted octanol–water partition coefficient (Wildman–Crippen LogP) is 2.30. The molecule has 3 rings (SSSR count). The average molecular weight is 298 g/mol. The van der Waals surface area contributed by atoms with Crippen molar-refractivity contribution in [3.8, 4) is 0 Å². The molecular formula is C14H19FN2O2S. The van der Waals surface area contributed by atoms with Gasteiger partial charge in [0.15, 0.2) is 0 Å². The molecular weight excluding hydrogens is 279 g/mol. The summed E-state index contributed by atoms with van der Waals surface area (Å²) in [6, 6.07) is 6.03. The third-order valence-corrected chi connectivity index (χ3v) is 6.19. The van der Waals surface area contributed by atoms with E-state index in [0.717, 1.165) is 31.2 Å². The molecule has 1 atom stereocenters. The largest absolute Gasteiger partial charge is 0.282 e. The van der Waals surface area contributed by atoms with Gasteiger partial charge in [-0.15, -0.1) is 0 Å². The average Bonchev–Trinajstić information content (AvgIpc) is 3.11. The van der Waals surface area contributed by atoms with E-state index in [0.29, 0.717) is 19.6 Å². The van der Waals surface area contributed by atoms with Crippen LogP contribution < -0.4 is 0 Å². The summed E-state index contributed by atoms with van der Waals surface area (Å²) in [6.07, 6.45) is 3.54. The van der Waals surface area contributed by atoms with Crippen LogP contribution in [0.1, 0.15) is 37.3 Å². The summed E-state index contributed by atoms with van der Waals surface area (Å²) < 4.78 is 41.5. The topological polar surface area (TPSA) is 40.6 Å². The number of nitrogens with zero attached hydrogens (tertiary/aromatic N) is 2. The molecule has 1 aromatic rings. The Labute approximate surface area is 119 Å². The van der Waals surface area contributed by atoms with Crippen LogP contribution in [0.5, 0.6) is 0 Å². The molecule has 0 spiro atoms. The van der Waals surface area contributed by atoms with Gasteiger partial charge in [0.05, 0.1) is 6.04 Å². The molecule has 0 aliphatic carbocycles. The van der Waals surface area contributed by atoms with Crippen molar-refractivity contribution in [1.29, 1.82) is 0 Å². The molecule has 0 N–H and O–H groups in total. The molecule has 0 aromatic heterocycles. The summed E-state index contributed by atoms with van der Waals surface area (Å²) in [5, 5.41) is 0. The van der Waals surface area contributed by atoms with Gasteiger partial charge in [0, 0.05) is 19.6 Å². The monoisotopic (exact) mass is 298 g/mol. The van der Waals surface area contributed by atoms with E-state index in [1.807, 2.05) is 0 Å². The summed E-state index contributed by atoms with van der Waals surface area (Å²) in [5.74, 6) is -0.291. The Bertz CT molecular complexity index is 567. The van der Waals surface area contributed by atoms with Crippen molar-refractivity contribution in [2.24, 2.45) is 0 Å². The van der Waals surface area contributed by atoms with Crippen LogP contribution >= 0.6 is 0 Å². The first-order chi connectivity index (χ1) is 9.59. The fourth-order valence-electron chi connectivity index (χ4n) is 3.10. The summed E-state index contributed by atoms with van der Waals surface area (Å²) in [7, 11) is -3.37. The number of rotatable bonds is 3. The molecule has 4 nitrogen and oxygen atoms in total. The molecule has 2 aliphatic rings. The van der Waals surface area contributed by atoms with Crippen molar-refractivity contribution < 1.29 is 12.8 Å². The van der Waals surface area contributed by atoms with Gasteiger partial charge in [0.2, 0.25) is 0 Å². The van der Waals surface area contributed by atoms with Crippen molar-refractivity contribution in [1.82, 2.24) is 8.61 Å². The van der Waals surface area contributed by atoms with Gasteiger partial charge in [-0.05, 0) is 43.4 Å². The van der Waals surface area contributed by atoms with Crippen molar-refractivity contribution in [3.63, 3.8) is 0 Å². The molecule has 0 bridgehead atoms. The number of hydrogen-bond acceptors (Lipinski definition) is 2. The molecule has 20 heavy (non-hydrogen) atoms. The SMILES string of the molecule is O=S(=O)(N1CCCC1)N1CCCC1c1ccc(F)cc1. The lowest BCUT2D eigenvalue weighted by molar-refractivity contribution is 0.348. The molecule has 0 amide bonds. The van der Waals surface area contributed by atoms with E-state index < -0.39 is 10.2 Å². The minimum Gasteiger partial charge on any atom is -0.207 e. The summed E-state index contributed by atoms with van der Waals surface area (Å²) in [5.41, 5.74) is 0.881. The van der Waals surface area contributed by atoms with Gasteiger partial charge < -0.3 is 0 Å². The number of hydrogen-bond donors (Lipinski definition) is 0. The zero-order chi connectivity index (χ0) is 14.2. The van der Waals surface area contributed by atoms with Gasteiger partial charge in [0.1, 0.15) is 5.82 Å². The second kappa shape index (κ2) is 5.42. The minimum atomic E-state index is -3.37. The zero-order valence-corrected chi connectivity index (χ0v) is 12.2. The van der Waals surface area contributed by atoms with E-state index in [4.69, 9.17) is 0 Å². The summed E-state index contributed by atoms with van der Waals surface area (Å²) >= 11 is 0. The second-order valence-electron chi connectivity index (χ2n) is 5.43. The van der Waals surface area contributed by atoms with Gasteiger partial charge in [-0.25, -0.2) is 4.39 Å². The van der Waals surface area contributed by atoms with Crippen LogP contribution in [0.4, 0.5) is 4.39 Å². The predicted molar refractivity (Wildman–Crippen MR) is 74.8 cm³/mol. The van der Waals surface area contributed by atoms with Crippen LogP contribution in [0.15, 0.2) is 24.3 Å². The van der Waals surface area contributed by atoms with E-state index >= 15 is 0 Å². The molecule has 2 fully saturated rings. The molecule has 2 heterocycles. The Morgan fingerprint density at radius 2 is 1.65 bits per heavy atom. The molecule has 0 saturated carbocycles. The maximum absolute atomic E-state index is 13.0. The second-order valence-corrected chi connectivity index (χ2v) is 7.32. The van der Waals surface area contributed by atoms with Gasteiger partial charge in [-0.1, -0.05) is 12.1 Å². The minimum absolute atomic E-state index is 0.152. The number of benzene rings is 1. The van der Waals surface area contributed by atoms with Crippen LogP contribution in [-0.4, -0.2) is 36.7 Å². The molecule has 0 radical (unpaired) electrons. The van der Waals surface area contributed by atoms with Gasteiger partial charge in [0.25, 0.3) is 10.2 Å². The first-order valence-electron chi connectivity index (χ1n) is 7.11. The number of halogens is 1. The highest BCUT2D eigenvalue weighted by Crippen LogP contribution is 2.35. The third-order valence-electron chi connectivity index (χ3n) is 4.15. The van der Waals surface area contributed by atoms with E-state index in [1.54, 1.807) is 20.7 Å². The Balaban J connectivity index is 1.86. The van der Waals surface area contributed by atoms with Crippen molar-refractivity contribution in [3.05, 3.63) is 35.6 Å². The lowest BCUT2D eigenvalue weighted by Gasteiger charge is -2.28. The quantitative estimate of drug-likeness (QED) is 0.859. The van der Waals surface area contributed by atoms with Crippen LogP contribution in [-0.2, 0) is 10.2 Å². The Morgan fingerprint density at radius 3 is 2.30 bits per heavy atom. The van der Waals surface area contributed by atoms with Crippen LogP contribution in [0.25, 0.3) is 0 Å². The van der Waals surface area contributed by atoms with Crippen LogP contribution in [0.3, 0.4) is 0 Å². The van der Waals surface area contributed by atoms with Crippen LogP contribution in [0, 0.1) is 5.82 Å². The van der Waals surface area contributed by atoms with E-state index in [1.165, 1.54) is 12.1 Å². The van der Waals surface area contributed by atoms with Gasteiger partial charge >= 0.3 is 0 Å². The molecule has 2 aliphatic heterocycles. The lowest BCUT2D eigenvalue weighted by atomic mass is 10.1. The highest BCUT2D eigenvalue weighted by Gasteiger charge is 2.39. The van der Waals surface area contributed by atoms with E-state index in [-0.39, 0.29) is 11.9 Å². The van der Waals surface area contributed by atoms with E-state index in [9.17, 15) is 12.8 Å². The zero-order valence-electron chi connectivity index (χ0n) is 11.3. The highest BCUT2D eigenvalue weighted by atomic mass is 32.2. The summed E-state index contributed by atoms with van der Waals surface area (Å²) in [6.45, 7) is 1.80. The fourth-order valence-corrected chi connectivity index (χ4v) is 5.03. The van der Waals surface area contributed by atoms with Crippen molar-refractivity contribution in [2.75, 3.05) is 19.6 Å². The molecule has 1 aromatic carbocycles. The maximum Gasteiger partial charge on any atom is 0.282 e.